The van der Waals surface area contributed by atoms with Crippen molar-refractivity contribution in [2.45, 2.75) is 33.2 Å². The van der Waals surface area contributed by atoms with Crippen LogP contribution in [0.4, 0.5) is 4.39 Å². The van der Waals surface area contributed by atoms with E-state index in [1.807, 2.05) is 13.1 Å². The number of esters is 1. The number of hydrogen-bond donors (Lipinski definition) is 0. The summed E-state index contributed by atoms with van der Waals surface area (Å²) >= 11 is 6.07. The molecule has 0 unspecified atom stereocenters. The van der Waals surface area contributed by atoms with Crippen molar-refractivity contribution in [3.05, 3.63) is 57.6 Å². The molecule has 1 aliphatic carbocycles. The van der Waals surface area contributed by atoms with Crippen molar-refractivity contribution < 1.29 is 18.3 Å². The Balaban J connectivity index is 1.70. The highest BCUT2D eigenvalue weighted by molar-refractivity contribution is 6.31. The molecule has 0 spiro atoms. The molecule has 0 aliphatic heterocycles. The van der Waals surface area contributed by atoms with E-state index in [4.69, 9.17) is 20.8 Å². The molecule has 0 N–H and O–H groups in total. The number of pyridine rings is 1. The third-order valence-electron chi connectivity index (χ3n) is 4.57. The number of carbonyl (C=O) groups is 1. The number of aryl methyl sites for hydroxylation is 2. The summed E-state index contributed by atoms with van der Waals surface area (Å²) in [6, 6.07) is 1.23. The lowest BCUT2D eigenvalue weighted by Crippen LogP contribution is -2.05. The van der Waals surface area contributed by atoms with Gasteiger partial charge in [-0.05, 0) is 31.9 Å². The molecule has 0 radical (unpaired) electrons. The second kappa shape index (κ2) is 6.81. The van der Waals surface area contributed by atoms with E-state index in [9.17, 15) is 9.18 Å². The molecular weight excluding hydrogens is 373 g/mol. The molecular formula is C19H17ClFN3O3. The van der Waals surface area contributed by atoms with Crippen molar-refractivity contribution in [2.24, 2.45) is 0 Å². The van der Waals surface area contributed by atoms with Crippen LogP contribution < -0.4 is 0 Å². The van der Waals surface area contributed by atoms with Crippen LogP contribution in [0.1, 0.15) is 40.1 Å². The molecule has 3 aromatic rings. The van der Waals surface area contributed by atoms with Gasteiger partial charge in [-0.1, -0.05) is 11.6 Å². The average Bonchev–Trinajstić information content (AvgIpc) is 3.18. The van der Waals surface area contributed by atoms with E-state index in [2.05, 4.69) is 10.1 Å². The van der Waals surface area contributed by atoms with Crippen LogP contribution >= 0.6 is 11.6 Å². The maximum atomic E-state index is 13.2. The third kappa shape index (κ3) is 3.12. The van der Waals surface area contributed by atoms with Gasteiger partial charge in [0, 0.05) is 23.7 Å². The predicted molar refractivity (Wildman–Crippen MR) is 96.3 cm³/mol. The molecule has 140 valence electrons. The van der Waals surface area contributed by atoms with Crippen LogP contribution in [0.2, 0.25) is 5.02 Å². The normalized spacial score (nSPS) is 12.6. The van der Waals surface area contributed by atoms with Crippen molar-refractivity contribution in [1.29, 1.82) is 0 Å². The fourth-order valence-corrected chi connectivity index (χ4v) is 3.56. The van der Waals surface area contributed by atoms with Gasteiger partial charge in [-0.25, -0.2) is 9.18 Å². The van der Waals surface area contributed by atoms with Crippen LogP contribution in [0.25, 0.3) is 11.3 Å². The van der Waals surface area contributed by atoms with Crippen LogP contribution in [0.5, 0.6) is 0 Å². The molecule has 3 aromatic heterocycles. The summed E-state index contributed by atoms with van der Waals surface area (Å²) in [6.45, 7) is 4.20. The van der Waals surface area contributed by atoms with Gasteiger partial charge < -0.3 is 9.15 Å². The van der Waals surface area contributed by atoms with Gasteiger partial charge in [0.1, 0.15) is 11.6 Å². The average molecular weight is 390 g/mol. The maximum absolute atomic E-state index is 13.2. The van der Waals surface area contributed by atoms with Crippen molar-refractivity contribution >= 4 is 17.6 Å². The van der Waals surface area contributed by atoms with E-state index in [0.717, 1.165) is 40.8 Å². The Hall–Kier alpha value is -2.67. The Morgan fingerprint density at radius 2 is 2.26 bits per heavy atom. The minimum atomic E-state index is -0.478. The molecule has 0 saturated heterocycles. The Morgan fingerprint density at radius 3 is 3.00 bits per heavy atom. The molecule has 3 heterocycles. The van der Waals surface area contributed by atoms with E-state index in [1.165, 1.54) is 6.07 Å². The van der Waals surface area contributed by atoms with Gasteiger partial charge in [0.25, 0.3) is 0 Å². The number of aromatic nitrogens is 3. The number of carbonyl (C=O) groups excluding carboxylic acids is 1. The fourth-order valence-electron chi connectivity index (χ4n) is 3.35. The highest BCUT2D eigenvalue weighted by atomic mass is 35.5. The summed E-state index contributed by atoms with van der Waals surface area (Å²) in [5.41, 5.74) is 3.95. The third-order valence-corrected chi connectivity index (χ3v) is 4.90. The van der Waals surface area contributed by atoms with Crippen molar-refractivity contribution in [3.63, 3.8) is 0 Å². The van der Waals surface area contributed by atoms with Crippen molar-refractivity contribution in [2.75, 3.05) is 6.61 Å². The SMILES string of the molecule is CCOC(=O)c1oc2c(c1C)-c1nn(Cc3ncc(F)cc3Cl)cc1CC2. The van der Waals surface area contributed by atoms with Crippen molar-refractivity contribution in [3.8, 4) is 11.3 Å². The summed E-state index contributed by atoms with van der Waals surface area (Å²) in [6.07, 6.45) is 4.50. The molecule has 4 rings (SSSR count). The van der Waals surface area contributed by atoms with Gasteiger partial charge in [-0.3, -0.25) is 9.67 Å². The monoisotopic (exact) mass is 389 g/mol. The lowest BCUT2D eigenvalue weighted by molar-refractivity contribution is 0.0487. The zero-order valence-electron chi connectivity index (χ0n) is 14.9. The molecule has 0 bridgehead atoms. The molecule has 0 aromatic carbocycles. The minimum absolute atomic E-state index is 0.229. The van der Waals surface area contributed by atoms with Crippen molar-refractivity contribution in [1.82, 2.24) is 14.8 Å². The highest BCUT2D eigenvalue weighted by Crippen LogP contribution is 2.38. The van der Waals surface area contributed by atoms with E-state index < -0.39 is 11.8 Å². The first-order chi connectivity index (χ1) is 13.0. The second-order valence-corrected chi connectivity index (χ2v) is 6.76. The maximum Gasteiger partial charge on any atom is 0.374 e. The molecule has 0 fully saturated rings. The first kappa shape index (κ1) is 17.7. The van der Waals surface area contributed by atoms with Crippen LogP contribution in [-0.2, 0) is 24.1 Å². The van der Waals surface area contributed by atoms with E-state index in [-0.39, 0.29) is 17.4 Å². The Morgan fingerprint density at radius 1 is 1.44 bits per heavy atom. The number of furan rings is 1. The topological polar surface area (TPSA) is 70.2 Å². The quantitative estimate of drug-likeness (QED) is 0.631. The molecule has 0 amide bonds. The van der Waals surface area contributed by atoms with Crippen LogP contribution in [-0.4, -0.2) is 27.3 Å². The Kier molecular flexibility index (Phi) is 4.47. The summed E-state index contributed by atoms with van der Waals surface area (Å²) in [5.74, 6) is 0.0279. The van der Waals surface area contributed by atoms with Crippen LogP contribution in [0.15, 0.2) is 22.9 Å². The summed E-state index contributed by atoms with van der Waals surface area (Å²) < 4.78 is 25.7. The predicted octanol–water partition coefficient (Wildman–Crippen LogP) is 3.96. The lowest BCUT2D eigenvalue weighted by atomic mass is 9.94. The summed E-state index contributed by atoms with van der Waals surface area (Å²) in [7, 11) is 0. The van der Waals surface area contributed by atoms with Gasteiger partial charge in [-0.2, -0.15) is 5.10 Å². The van der Waals surface area contributed by atoms with E-state index in [1.54, 1.807) is 11.6 Å². The van der Waals surface area contributed by atoms with Gasteiger partial charge >= 0.3 is 5.97 Å². The zero-order chi connectivity index (χ0) is 19.1. The number of halogens is 2. The van der Waals surface area contributed by atoms with E-state index >= 15 is 0 Å². The van der Waals surface area contributed by atoms with Gasteiger partial charge in [0.05, 0.1) is 35.8 Å². The number of rotatable bonds is 4. The number of ether oxygens (including phenoxy) is 1. The molecule has 27 heavy (non-hydrogen) atoms. The summed E-state index contributed by atoms with van der Waals surface area (Å²) in [5, 5.41) is 4.90. The first-order valence-corrected chi connectivity index (χ1v) is 9.01. The number of fused-ring (bicyclic) bond motifs is 3. The largest absolute Gasteiger partial charge is 0.460 e. The number of hydrogen-bond acceptors (Lipinski definition) is 5. The van der Waals surface area contributed by atoms with E-state index in [0.29, 0.717) is 18.7 Å². The van der Waals surface area contributed by atoms with Crippen LogP contribution in [0, 0.1) is 12.7 Å². The molecule has 6 nitrogen and oxygen atoms in total. The first-order valence-electron chi connectivity index (χ1n) is 8.64. The minimum Gasteiger partial charge on any atom is -0.460 e. The Bertz CT molecular complexity index is 1040. The van der Waals surface area contributed by atoms with Crippen LogP contribution in [0.3, 0.4) is 0 Å². The molecule has 0 saturated carbocycles. The van der Waals surface area contributed by atoms with Gasteiger partial charge in [-0.15, -0.1) is 0 Å². The molecule has 0 atom stereocenters. The highest BCUT2D eigenvalue weighted by Gasteiger charge is 2.30. The standard InChI is InChI=1S/C19H17ClFN3O3/c1-3-26-19(25)18-10(2)16-15(27-18)5-4-11-8-24(23-17(11)16)9-14-13(20)6-12(21)7-22-14/h6-8H,3-5,9H2,1-2H3. The lowest BCUT2D eigenvalue weighted by Gasteiger charge is -2.09. The van der Waals surface area contributed by atoms with Gasteiger partial charge in [0.2, 0.25) is 5.76 Å². The van der Waals surface area contributed by atoms with Gasteiger partial charge in [0.15, 0.2) is 0 Å². The molecule has 8 heteroatoms. The smallest absolute Gasteiger partial charge is 0.374 e. The summed E-state index contributed by atoms with van der Waals surface area (Å²) in [4.78, 5) is 16.2. The Labute approximate surface area is 159 Å². The molecule has 1 aliphatic rings. The number of nitrogens with zero attached hydrogens (tertiary/aromatic N) is 3. The second-order valence-electron chi connectivity index (χ2n) is 6.36. The fraction of sp³-hybridized carbons (Fsp3) is 0.316. The zero-order valence-corrected chi connectivity index (χ0v) is 15.6.